The molecule has 0 aliphatic heterocycles. The van der Waals surface area contributed by atoms with E-state index in [2.05, 4.69) is 73.8 Å². The van der Waals surface area contributed by atoms with Crippen LogP contribution in [0.15, 0.2) is 119 Å². The molecule has 160 valence electrons. The van der Waals surface area contributed by atoms with Gasteiger partial charge in [-0.25, -0.2) is 0 Å². The number of furan rings is 2. The van der Waals surface area contributed by atoms with Crippen LogP contribution in [0, 0.1) is 0 Å². The molecule has 0 fully saturated rings. The summed E-state index contributed by atoms with van der Waals surface area (Å²) in [6.07, 6.45) is 5.44. The van der Waals surface area contributed by atoms with Crippen LogP contribution in [0.4, 0.5) is 0 Å². The zero-order valence-electron chi connectivity index (χ0n) is 18.4. The SMILES string of the molecule is C=CCC(CC=C)(c1cccc2c1oc1ccccc12)c1cccc2c1oc1ccccc12. The standard InChI is InChI=1S/C31H24O2/c1-3-19-31(20-4-2,25-15-9-13-23-21-11-5-7-17-27(21)32-29(23)25)26-16-10-14-24-22-12-6-8-18-28(22)33-30(24)26/h3-18H,1-2,19-20H2. The maximum Gasteiger partial charge on any atom is 0.139 e. The van der Waals surface area contributed by atoms with E-state index in [4.69, 9.17) is 8.83 Å². The van der Waals surface area contributed by atoms with Crippen molar-refractivity contribution >= 4 is 43.9 Å². The molecule has 4 aromatic carbocycles. The normalized spacial score (nSPS) is 12.1. The van der Waals surface area contributed by atoms with Crippen LogP contribution in [0.5, 0.6) is 0 Å². The minimum absolute atomic E-state index is 0.426. The van der Waals surface area contributed by atoms with E-state index in [0.717, 1.165) is 67.8 Å². The second kappa shape index (κ2) is 7.53. The highest BCUT2D eigenvalue weighted by Gasteiger charge is 2.37. The largest absolute Gasteiger partial charge is 0.456 e. The van der Waals surface area contributed by atoms with Crippen LogP contribution in [0.1, 0.15) is 24.0 Å². The van der Waals surface area contributed by atoms with E-state index in [-0.39, 0.29) is 0 Å². The first-order valence-electron chi connectivity index (χ1n) is 11.3. The predicted octanol–water partition coefficient (Wildman–Crippen LogP) is 8.92. The molecule has 0 N–H and O–H groups in total. The first-order chi connectivity index (χ1) is 16.3. The van der Waals surface area contributed by atoms with Gasteiger partial charge in [0.25, 0.3) is 0 Å². The molecule has 2 heterocycles. The van der Waals surface area contributed by atoms with E-state index in [9.17, 15) is 0 Å². The zero-order valence-corrected chi connectivity index (χ0v) is 18.4. The molecule has 2 heteroatoms. The summed E-state index contributed by atoms with van der Waals surface area (Å²) in [6.45, 7) is 8.26. The van der Waals surface area contributed by atoms with Crippen molar-refractivity contribution in [2.75, 3.05) is 0 Å². The highest BCUT2D eigenvalue weighted by Crippen LogP contribution is 2.48. The maximum absolute atomic E-state index is 6.48. The fraction of sp³-hybridized carbons (Fsp3) is 0.0968. The van der Waals surface area contributed by atoms with Crippen molar-refractivity contribution in [1.82, 2.24) is 0 Å². The second-order valence-electron chi connectivity index (χ2n) is 8.63. The number of rotatable bonds is 6. The van der Waals surface area contributed by atoms with Crippen molar-refractivity contribution in [2.24, 2.45) is 0 Å². The number of hydrogen-bond acceptors (Lipinski definition) is 2. The van der Waals surface area contributed by atoms with Crippen molar-refractivity contribution in [2.45, 2.75) is 18.3 Å². The zero-order chi connectivity index (χ0) is 22.4. The number of allylic oxidation sites excluding steroid dienone is 2. The Hall–Kier alpha value is -4.04. The Morgan fingerprint density at radius 3 is 1.42 bits per heavy atom. The van der Waals surface area contributed by atoms with Crippen LogP contribution in [-0.4, -0.2) is 0 Å². The van der Waals surface area contributed by atoms with Gasteiger partial charge in [-0.15, -0.1) is 13.2 Å². The molecule has 33 heavy (non-hydrogen) atoms. The lowest BCUT2D eigenvalue weighted by Gasteiger charge is -2.33. The Kier molecular flexibility index (Phi) is 4.48. The van der Waals surface area contributed by atoms with Gasteiger partial charge in [0.2, 0.25) is 0 Å². The minimum atomic E-state index is -0.426. The predicted molar refractivity (Wildman–Crippen MR) is 138 cm³/mol. The van der Waals surface area contributed by atoms with Crippen LogP contribution < -0.4 is 0 Å². The summed E-state index contributed by atoms with van der Waals surface area (Å²) in [6, 6.07) is 29.3. The van der Waals surface area contributed by atoms with Crippen molar-refractivity contribution in [3.63, 3.8) is 0 Å². The summed E-state index contributed by atoms with van der Waals surface area (Å²) >= 11 is 0. The van der Waals surface area contributed by atoms with Gasteiger partial charge in [0.15, 0.2) is 0 Å². The monoisotopic (exact) mass is 428 g/mol. The Labute approximate surface area is 192 Å². The Balaban J connectivity index is 1.74. The van der Waals surface area contributed by atoms with Gasteiger partial charge in [-0.1, -0.05) is 84.9 Å². The Morgan fingerprint density at radius 1 is 0.545 bits per heavy atom. The fourth-order valence-corrected chi connectivity index (χ4v) is 5.41. The molecule has 0 aliphatic rings. The molecule has 0 radical (unpaired) electrons. The Bertz CT molecular complexity index is 1540. The first-order valence-corrected chi connectivity index (χ1v) is 11.3. The molecule has 0 saturated heterocycles. The van der Waals surface area contributed by atoms with Gasteiger partial charge in [-0.2, -0.15) is 0 Å². The molecule has 0 bridgehead atoms. The lowest BCUT2D eigenvalue weighted by Crippen LogP contribution is -2.27. The maximum atomic E-state index is 6.48. The van der Waals surface area contributed by atoms with E-state index in [0.29, 0.717) is 0 Å². The molecular formula is C31H24O2. The molecule has 6 aromatic rings. The third-order valence-electron chi connectivity index (χ3n) is 6.83. The van der Waals surface area contributed by atoms with E-state index in [1.807, 2.05) is 36.4 Å². The van der Waals surface area contributed by atoms with E-state index < -0.39 is 5.41 Å². The third kappa shape index (κ3) is 2.81. The van der Waals surface area contributed by atoms with Gasteiger partial charge >= 0.3 is 0 Å². The van der Waals surface area contributed by atoms with Crippen LogP contribution in [-0.2, 0) is 5.41 Å². The molecule has 2 aromatic heterocycles. The molecule has 0 aliphatic carbocycles. The molecule has 0 unspecified atom stereocenters. The van der Waals surface area contributed by atoms with Gasteiger partial charge in [0.1, 0.15) is 22.3 Å². The fourth-order valence-electron chi connectivity index (χ4n) is 5.41. The Morgan fingerprint density at radius 2 is 0.970 bits per heavy atom. The summed E-state index contributed by atoms with van der Waals surface area (Å²) in [5, 5.41) is 4.50. The average Bonchev–Trinajstić information content (AvgIpc) is 3.42. The van der Waals surface area contributed by atoms with E-state index in [1.54, 1.807) is 0 Å². The first kappa shape index (κ1) is 19.6. The highest BCUT2D eigenvalue weighted by molar-refractivity contribution is 6.08. The average molecular weight is 429 g/mol. The molecule has 2 nitrogen and oxygen atoms in total. The molecule has 0 amide bonds. The smallest absolute Gasteiger partial charge is 0.139 e. The summed E-state index contributed by atoms with van der Waals surface area (Å²) in [5.74, 6) is 0. The highest BCUT2D eigenvalue weighted by atomic mass is 16.3. The number of para-hydroxylation sites is 4. The summed E-state index contributed by atoms with van der Waals surface area (Å²) in [7, 11) is 0. The lowest BCUT2D eigenvalue weighted by atomic mass is 9.69. The third-order valence-corrected chi connectivity index (χ3v) is 6.83. The van der Waals surface area contributed by atoms with Crippen molar-refractivity contribution in [1.29, 1.82) is 0 Å². The van der Waals surface area contributed by atoms with Crippen LogP contribution >= 0.6 is 0 Å². The second-order valence-corrected chi connectivity index (χ2v) is 8.63. The van der Waals surface area contributed by atoms with Crippen molar-refractivity contribution in [3.05, 3.63) is 121 Å². The topological polar surface area (TPSA) is 26.3 Å². The molecular weight excluding hydrogens is 404 g/mol. The number of hydrogen-bond donors (Lipinski definition) is 0. The van der Waals surface area contributed by atoms with Gasteiger partial charge in [-0.3, -0.25) is 0 Å². The van der Waals surface area contributed by atoms with Gasteiger partial charge in [0, 0.05) is 38.1 Å². The molecule has 6 rings (SSSR count). The van der Waals surface area contributed by atoms with Gasteiger partial charge in [-0.05, 0) is 25.0 Å². The van der Waals surface area contributed by atoms with Gasteiger partial charge in [0.05, 0.1) is 0 Å². The molecule has 0 saturated carbocycles. The molecule has 0 spiro atoms. The van der Waals surface area contributed by atoms with E-state index >= 15 is 0 Å². The van der Waals surface area contributed by atoms with Crippen LogP contribution in [0.3, 0.4) is 0 Å². The number of benzene rings is 4. The minimum Gasteiger partial charge on any atom is -0.456 e. The van der Waals surface area contributed by atoms with Crippen LogP contribution in [0.25, 0.3) is 43.9 Å². The summed E-state index contributed by atoms with van der Waals surface area (Å²) in [4.78, 5) is 0. The van der Waals surface area contributed by atoms with Crippen molar-refractivity contribution < 1.29 is 8.83 Å². The molecule has 0 atom stereocenters. The summed E-state index contributed by atoms with van der Waals surface area (Å²) < 4.78 is 13.0. The summed E-state index contributed by atoms with van der Waals surface area (Å²) in [5.41, 5.74) is 5.45. The quantitative estimate of drug-likeness (QED) is 0.248. The lowest BCUT2D eigenvalue weighted by molar-refractivity contribution is 0.515. The number of fused-ring (bicyclic) bond motifs is 6. The van der Waals surface area contributed by atoms with Crippen LogP contribution in [0.2, 0.25) is 0 Å². The van der Waals surface area contributed by atoms with E-state index in [1.165, 1.54) is 0 Å². The van der Waals surface area contributed by atoms with Crippen molar-refractivity contribution in [3.8, 4) is 0 Å². The van der Waals surface area contributed by atoms with Gasteiger partial charge < -0.3 is 8.83 Å².